The maximum Gasteiger partial charge on any atom is 0.165 e. The zero-order valence-corrected chi connectivity index (χ0v) is 27.9. The first-order valence-electron chi connectivity index (χ1n) is 15.5. The Morgan fingerprint density at radius 3 is 0.894 bits per heavy atom. The van der Waals surface area contributed by atoms with E-state index in [1.54, 1.807) is 28.4 Å². The molecule has 4 nitrogen and oxygen atoms in total. The molecule has 0 radical (unpaired) electrons. The van der Waals surface area contributed by atoms with Crippen LogP contribution in [0.1, 0.15) is 33.4 Å². The van der Waals surface area contributed by atoms with Gasteiger partial charge in [0.05, 0.1) is 37.9 Å². The Kier molecular flexibility index (Phi) is 9.55. The van der Waals surface area contributed by atoms with Crippen molar-refractivity contribution in [2.45, 2.75) is 9.49 Å². The maximum atomic E-state index is 6.25. The van der Waals surface area contributed by atoms with E-state index in [-0.39, 0.29) is 0 Å². The molecule has 236 valence electrons. The van der Waals surface area contributed by atoms with E-state index in [4.69, 9.17) is 18.9 Å². The highest BCUT2D eigenvalue weighted by atomic mass is 32.2. The minimum atomic E-state index is -0.845. The van der Waals surface area contributed by atoms with Gasteiger partial charge >= 0.3 is 0 Å². The molecule has 0 unspecified atom stereocenters. The summed E-state index contributed by atoms with van der Waals surface area (Å²) in [6.45, 7) is 0. The van der Waals surface area contributed by atoms with Gasteiger partial charge in [-0.2, -0.15) is 0 Å². The highest BCUT2D eigenvalue weighted by Crippen LogP contribution is 2.64. The van der Waals surface area contributed by atoms with Gasteiger partial charge < -0.3 is 18.9 Å². The van der Waals surface area contributed by atoms with Gasteiger partial charge in [-0.3, -0.25) is 0 Å². The zero-order chi connectivity index (χ0) is 32.7. The fourth-order valence-corrected chi connectivity index (χ4v) is 8.57. The number of benzene rings is 6. The first-order chi connectivity index (χ1) is 23.1. The molecule has 0 amide bonds. The smallest absolute Gasteiger partial charge is 0.165 e. The van der Waals surface area contributed by atoms with Crippen LogP contribution in [0.2, 0.25) is 0 Å². The average molecular weight is 639 g/mol. The van der Waals surface area contributed by atoms with Gasteiger partial charge in [0.2, 0.25) is 0 Å². The second-order valence-electron chi connectivity index (χ2n) is 11.0. The van der Waals surface area contributed by atoms with Crippen LogP contribution in [0.4, 0.5) is 0 Å². The van der Waals surface area contributed by atoms with Gasteiger partial charge in [0.25, 0.3) is 0 Å². The van der Waals surface area contributed by atoms with Crippen molar-refractivity contribution in [3.8, 4) is 23.0 Å². The Bertz CT molecular complexity index is 1670. The van der Waals surface area contributed by atoms with Crippen LogP contribution in [0, 0.1) is 0 Å². The normalized spacial score (nSPS) is 11.5. The number of methoxy groups -OCH3 is 4. The average Bonchev–Trinajstić information content (AvgIpc) is 3.16. The second-order valence-corrected chi connectivity index (χ2v) is 12.4. The summed E-state index contributed by atoms with van der Waals surface area (Å²) in [6.07, 6.45) is 0. The molecule has 0 aromatic heterocycles. The second kappa shape index (κ2) is 14.1. The van der Waals surface area contributed by atoms with E-state index >= 15 is 0 Å². The lowest BCUT2D eigenvalue weighted by Crippen LogP contribution is -2.36. The van der Waals surface area contributed by atoms with Crippen LogP contribution in [0.5, 0.6) is 23.0 Å². The molecule has 0 saturated carbocycles. The van der Waals surface area contributed by atoms with E-state index < -0.39 is 9.49 Å². The Hall–Kier alpha value is -5.13. The van der Waals surface area contributed by atoms with Crippen LogP contribution in [0.3, 0.4) is 0 Å². The molecule has 0 spiro atoms. The largest absolute Gasteiger partial charge is 0.493 e. The van der Waals surface area contributed by atoms with Gasteiger partial charge in [-0.15, -0.1) is 11.8 Å². The van der Waals surface area contributed by atoms with Crippen molar-refractivity contribution in [2.75, 3.05) is 28.4 Å². The third kappa shape index (κ3) is 5.61. The van der Waals surface area contributed by atoms with Crippen molar-refractivity contribution in [3.05, 3.63) is 191 Å². The van der Waals surface area contributed by atoms with E-state index in [9.17, 15) is 0 Å². The van der Waals surface area contributed by atoms with Crippen LogP contribution in [0.25, 0.3) is 0 Å². The fourth-order valence-electron chi connectivity index (χ4n) is 6.55. The summed E-state index contributed by atoms with van der Waals surface area (Å²) in [5, 5.41) is 0. The summed E-state index contributed by atoms with van der Waals surface area (Å²) < 4.78 is 22.7. The molecule has 0 fully saturated rings. The van der Waals surface area contributed by atoms with Crippen LogP contribution in [-0.2, 0) is 9.49 Å². The maximum absolute atomic E-state index is 6.25. The first-order valence-corrected chi connectivity index (χ1v) is 16.3. The third-order valence-electron chi connectivity index (χ3n) is 8.59. The molecule has 0 bridgehead atoms. The van der Waals surface area contributed by atoms with Gasteiger partial charge in [0, 0.05) is 11.1 Å². The summed E-state index contributed by atoms with van der Waals surface area (Å²) in [6, 6.07) is 54.8. The summed E-state index contributed by atoms with van der Waals surface area (Å²) in [7, 11) is 6.78. The summed E-state index contributed by atoms with van der Waals surface area (Å²) in [4.78, 5) is 0. The molecule has 5 heteroatoms. The number of ether oxygens (including phenoxy) is 4. The molecule has 47 heavy (non-hydrogen) atoms. The molecule has 0 heterocycles. The van der Waals surface area contributed by atoms with Gasteiger partial charge in [-0.1, -0.05) is 146 Å². The molecule has 0 atom stereocenters. The topological polar surface area (TPSA) is 36.9 Å². The van der Waals surface area contributed by atoms with Crippen molar-refractivity contribution in [3.63, 3.8) is 0 Å². The van der Waals surface area contributed by atoms with Gasteiger partial charge in [0.1, 0.15) is 0 Å². The predicted octanol–water partition coefficient (Wildman–Crippen LogP) is 9.74. The predicted molar refractivity (Wildman–Crippen MR) is 192 cm³/mol. The Labute approximate surface area is 281 Å². The quantitative estimate of drug-likeness (QED) is 0.125. The van der Waals surface area contributed by atoms with Crippen molar-refractivity contribution < 1.29 is 18.9 Å². The van der Waals surface area contributed by atoms with Gasteiger partial charge in [-0.25, -0.2) is 0 Å². The van der Waals surface area contributed by atoms with Gasteiger partial charge in [0.15, 0.2) is 23.0 Å². The molecule has 6 aromatic carbocycles. The first kappa shape index (κ1) is 31.8. The lowest BCUT2D eigenvalue weighted by Gasteiger charge is -2.46. The van der Waals surface area contributed by atoms with E-state index in [1.807, 2.05) is 36.0 Å². The third-order valence-corrected chi connectivity index (χ3v) is 10.6. The molecular weight excluding hydrogens is 601 g/mol. The number of hydrogen-bond donors (Lipinski definition) is 0. The van der Waals surface area contributed by atoms with E-state index in [0.29, 0.717) is 23.0 Å². The summed E-state index contributed by atoms with van der Waals surface area (Å²) in [5.74, 6) is 2.65. The Balaban J connectivity index is 1.85. The van der Waals surface area contributed by atoms with Crippen molar-refractivity contribution in [2.24, 2.45) is 0 Å². The number of rotatable bonds is 12. The highest BCUT2D eigenvalue weighted by Gasteiger charge is 2.51. The number of thioether (sulfide) groups is 1. The number of hydrogen-bond acceptors (Lipinski definition) is 5. The molecule has 0 aliphatic heterocycles. The molecule has 6 aromatic rings. The van der Waals surface area contributed by atoms with E-state index in [0.717, 1.165) is 33.4 Å². The minimum Gasteiger partial charge on any atom is -0.493 e. The van der Waals surface area contributed by atoms with E-state index in [2.05, 4.69) is 133 Å². The van der Waals surface area contributed by atoms with Crippen molar-refractivity contribution >= 4 is 11.8 Å². The summed E-state index contributed by atoms with van der Waals surface area (Å²) in [5.41, 5.74) is 6.25. The van der Waals surface area contributed by atoms with Crippen LogP contribution < -0.4 is 18.9 Å². The molecule has 6 rings (SSSR count). The molecule has 0 N–H and O–H groups in total. The lowest BCUT2D eigenvalue weighted by atomic mass is 9.82. The summed E-state index contributed by atoms with van der Waals surface area (Å²) >= 11 is 1.83. The van der Waals surface area contributed by atoms with E-state index in [1.165, 1.54) is 0 Å². The van der Waals surface area contributed by atoms with Crippen molar-refractivity contribution in [1.29, 1.82) is 0 Å². The molecule has 0 aliphatic carbocycles. The Morgan fingerprint density at radius 2 is 0.638 bits per heavy atom. The minimum absolute atomic E-state index is 0.658. The highest BCUT2D eigenvalue weighted by molar-refractivity contribution is 8.02. The SMILES string of the molecule is COc1cccc(C(SC(c2ccccc2)(c2ccccc2)c2cccc(OC)c2OC)(c2ccccc2)c2ccccc2)c1OC. The molecular formula is C42H38O4S. The standard InChI is InChI=1S/C42H38O4S/c1-43-37-29-17-27-35(39(37)45-3)41(31-19-9-5-10-20-31,32-21-11-6-12-22-32)47-42(33-23-13-7-14-24-33,34-25-15-8-16-26-34)36-28-18-30-38(44-2)40(36)46-4/h5-30H,1-4H3. The molecule has 0 aliphatic rings. The van der Waals surface area contributed by atoms with Crippen molar-refractivity contribution in [1.82, 2.24) is 0 Å². The fraction of sp³-hybridized carbons (Fsp3) is 0.143. The Morgan fingerprint density at radius 1 is 0.340 bits per heavy atom. The lowest BCUT2D eigenvalue weighted by molar-refractivity contribution is 0.350. The van der Waals surface area contributed by atoms with Gasteiger partial charge in [-0.05, 0) is 34.4 Å². The monoisotopic (exact) mass is 638 g/mol. The van der Waals surface area contributed by atoms with Crippen LogP contribution in [-0.4, -0.2) is 28.4 Å². The van der Waals surface area contributed by atoms with Crippen LogP contribution >= 0.6 is 11.8 Å². The van der Waals surface area contributed by atoms with Crippen LogP contribution in [0.15, 0.2) is 158 Å². The number of para-hydroxylation sites is 2. The zero-order valence-electron chi connectivity index (χ0n) is 27.1. The molecule has 0 saturated heterocycles.